The number of aryl methyl sites for hydroxylation is 1. The summed E-state index contributed by atoms with van der Waals surface area (Å²) in [6, 6.07) is 4.92. The van der Waals surface area contributed by atoms with Crippen LogP contribution in [-0.2, 0) is 6.54 Å². The van der Waals surface area contributed by atoms with E-state index in [2.05, 4.69) is 43.5 Å². The monoisotopic (exact) mass is 212 g/mol. The molecule has 0 aliphatic rings. The van der Waals surface area contributed by atoms with E-state index in [1.54, 1.807) is 0 Å². The van der Waals surface area contributed by atoms with Gasteiger partial charge in [0.1, 0.15) is 0 Å². The Bertz CT molecular complexity index is 258. The van der Waals surface area contributed by atoms with Crippen molar-refractivity contribution in [3.05, 3.63) is 21.9 Å². The summed E-state index contributed by atoms with van der Waals surface area (Å²) in [6.45, 7) is 9.57. The minimum Gasteiger partial charge on any atom is -0.315 e. The highest BCUT2D eigenvalue weighted by Crippen LogP contribution is 2.14. The van der Waals surface area contributed by atoms with Crippen LogP contribution in [0.2, 0.25) is 0 Å². The van der Waals surface area contributed by atoms with Crippen LogP contribution in [0.1, 0.15) is 23.6 Å². The molecule has 0 aliphatic carbocycles. The topological polar surface area (TPSA) is 24.1 Å². The average Bonchev–Trinajstić information content (AvgIpc) is 2.58. The van der Waals surface area contributed by atoms with Crippen LogP contribution in [0.4, 0.5) is 0 Å². The molecule has 14 heavy (non-hydrogen) atoms. The Labute approximate surface area is 90.7 Å². The van der Waals surface area contributed by atoms with Gasteiger partial charge in [0, 0.05) is 28.9 Å². The quantitative estimate of drug-likeness (QED) is 0.755. The van der Waals surface area contributed by atoms with Gasteiger partial charge in [0.2, 0.25) is 0 Å². The molecule has 1 heterocycles. The summed E-state index contributed by atoms with van der Waals surface area (Å²) in [5.41, 5.74) is 0. The Morgan fingerprint density at radius 2 is 2.21 bits per heavy atom. The summed E-state index contributed by atoms with van der Waals surface area (Å²) in [5.74, 6) is 0. The van der Waals surface area contributed by atoms with Gasteiger partial charge in [-0.3, -0.25) is 0 Å². The first-order valence-electron chi connectivity index (χ1n) is 5.21. The maximum Gasteiger partial charge on any atom is 0.0302 e. The van der Waals surface area contributed by atoms with Crippen LogP contribution >= 0.6 is 11.3 Å². The van der Waals surface area contributed by atoms with Gasteiger partial charge in [-0.25, -0.2) is 0 Å². The molecule has 0 spiro atoms. The first kappa shape index (κ1) is 11.7. The number of hydrogen-bond donors (Lipinski definition) is 2. The SMILES string of the molecule is CCNCC(C)NCc1ccc(C)s1. The summed E-state index contributed by atoms with van der Waals surface area (Å²) in [5, 5.41) is 6.83. The van der Waals surface area contributed by atoms with Crippen molar-refractivity contribution in [3.63, 3.8) is 0 Å². The highest BCUT2D eigenvalue weighted by atomic mass is 32.1. The largest absolute Gasteiger partial charge is 0.315 e. The fourth-order valence-electron chi connectivity index (χ4n) is 1.29. The minimum atomic E-state index is 0.539. The molecule has 80 valence electrons. The molecule has 0 aromatic carbocycles. The molecular weight excluding hydrogens is 192 g/mol. The number of rotatable bonds is 6. The third kappa shape index (κ3) is 4.22. The summed E-state index contributed by atoms with van der Waals surface area (Å²) >= 11 is 1.87. The molecule has 0 saturated heterocycles. The molecule has 1 atom stereocenters. The van der Waals surface area contributed by atoms with Crippen molar-refractivity contribution in [2.45, 2.75) is 33.4 Å². The van der Waals surface area contributed by atoms with Crippen LogP contribution in [0.15, 0.2) is 12.1 Å². The smallest absolute Gasteiger partial charge is 0.0302 e. The molecule has 0 radical (unpaired) electrons. The van der Waals surface area contributed by atoms with Crippen molar-refractivity contribution in [1.82, 2.24) is 10.6 Å². The molecule has 0 saturated carbocycles. The zero-order valence-corrected chi connectivity index (χ0v) is 10.1. The lowest BCUT2D eigenvalue weighted by molar-refractivity contribution is 0.511. The molecule has 1 unspecified atom stereocenters. The van der Waals surface area contributed by atoms with Crippen molar-refractivity contribution >= 4 is 11.3 Å². The Morgan fingerprint density at radius 1 is 1.43 bits per heavy atom. The first-order chi connectivity index (χ1) is 6.72. The molecule has 0 amide bonds. The second kappa shape index (κ2) is 6.17. The molecular formula is C11H20N2S. The lowest BCUT2D eigenvalue weighted by Crippen LogP contribution is -2.35. The molecule has 1 aromatic heterocycles. The first-order valence-corrected chi connectivity index (χ1v) is 6.03. The Balaban J connectivity index is 2.20. The zero-order valence-electron chi connectivity index (χ0n) is 9.26. The summed E-state index contributed by atoms with van der Waals surface area (Å²) in [7, 11) is 0. The van der Waals surface area contributed by atoms with E-state index >= 15 is 0 Å². The normalized spacial score (nSPS) is 13.1. The molecule has 2 N–H and O–H groups in total. The van der Waals surface area contributed by atoms with Gasteiger partial charge in [-0.1, -0.05) is 6.92 Å². The molecule has 0 bridgehead atoms. The van der Waals surface area contributed by atoms with Gasteiger partial charge in [0.15, 0.2) is 0 Å². The fraction of sp³-hybridized carbons (Fsp3) is 0.636. The summed E-state index contributed by atoms with van der Waals surface area (Å²) in [4.78, 5) is 2.81. The van der Waals surface area contributed by atoms with Crippen LogP contribution in [0, 0.1) is 6.92 Å². The van der Waals surface area contributed by atoms with Gasteiger partial charge < -0.3 is 10.6 Å². The number of nitrogens with one attached hydrogen (secondary N) is 2. The Hall–Kier alpha value is -0.380. The van der Waals surface area contributed by atoms with Gasteiger partial charge >= 0.3 is 0 Å². The standard InChI is InChI=1S/C11H20N2S/c1-4-12-7-9(2)13-8-11-6-5-10(3)14-11/h5-6,9,12-13H,4,7-8H2,1-3H3. The minimum absolute atomic E-state index is 0.539. The van der Waals surface area contributed by atoms with Crippen LogP contribution < -0.4 is 10.6 Å². The number of likely N-dealkylation sites (N-methyl/N-ethyl adjacent to an activating group) is 1. The Morgan fingerprint density at radius 3 is 2.79 bits per heavy atom. The van der Waals surface area contributed by atoms with Crippen molar-refractivity contribution in [2.75, 3.05) is 13.1 Å². The predicted octanol–water partition coefficient (Wildman–Crippen LogP) is 2.14. The lowest BCUT2D eigenvalue weighted by atomic mass is 10.3. The van der Waals surface area contributed by atoms with E-state index in [4.69, 9.17) is 0 Å². The van der Waals surface area contributed by atoms with Gasteiger partial charge in [-0.05, 0) is 32.5 Å². The van der Waals surface area contributed by atoms with Crippen molar-refractivity contribution < 1.29 is 0 Å². The number of thiophene rings is 1. The van der Waals surface area contributed by atoms with E-state index in [-0.39, 0.29) is 0 Å². The summed E-state index contributed by atoms with van der Waals surface area (Å²) in [6.07, 6.45) is 0. The van der Waals surface area contributed by atoms with Crippen LogP contribution in [0.25, 0.3) is 0 Å². The predicted molar refractivity (Wildman–Crippen MR) is 63.9 cm³/mol. The maximum atomic E-state index is 3.49. The fourth-order valence-corrected chi connectivity index (χ4v) is 2.13. The average molecular weight is 212 g/mol. The summed E-state index contributed by atoms with van der Waals surface area (Å²) < 4.78 is 0. The molecule has 2 nitrogen and oxygen atoms in total. The highest BCUT2D eigenvalue weighted by molar-refractivity contribution is 7.11. The second-order valence-electron chi connectivity index (χ2n) is 3.60. The van der Waals surface area contributed by atoms with Crippen LogP contribution in [-0.4, -0.2) is 19.1 Å². The van der Waals surface area contributed by atoms with Gasteiger partial charge in [-0.2, -0.15) is 0 Å². The van der Waals surface area contributed by atoms with Crippen molar-refractivity contribution in [3.8, 4) is 0 Å². The molecule has 1 aromatic rings. The van der Waals surface area contributed by atoms with Gasteiger partial charge in [0.05, 0.1) is 0 Å². The van der Waals surface area contributed by atoms with E-state index in [0.29, 0.717) is 6.04 Å². The van der Waals surface area contributed by atoms with Gasteiger partial charge in [0.25, 0.3) is 0 Å². The van der Waals surface area contributed by atoms with Crippen molar-refractivity contribution in [1.29, 1.82) is 0 Å². The van der Waals surface area contributed by atoms with E-state index in [1.165, 1.54) is 9.75 Å². The molecule has 3 heteroatoms. The maximum absolute atomic E-state index is 3.49. The van der Waals surface area contributed by atoms with E-state index in [0.717, 1.165) is 19.6 Å². The number of hydrogen-bond acceptors (Lipinski definition) is 3. The zero-order chi connectivity index (χ0) is 10.4. The highest BCUT2D eigenvalue weighted by Gasteiger charge is 2.01. The Kier molecular flexibility index (Phi) is 5.15. The van der Waals surface area contributed by atoms with Crippen LogP contribution in [0.5, 0.6) is 0 Å². The van der Waals surface area contributed by atoms with Gasteiger partial charge in [-0.15, -0.1) is 11.3 Å². The van der Waals surface area contributed by atoms with E-state index in [1.807, 2.05) is 11.3 Å². The lowest BCUT2D eigenvalue weighted by Gasteiger charge is -2.12. The van der Waals surface area contributed by atoms with E-state index < -0.39 is 0 Å². The van der Waals surface area contributed by atoms with E-state index in [9.17, 15) is 0 Å². The molecule has 1 rings (SSSR count). The third-order valence-corrected chi connectivity index (χ3v) is 3.12. The molecule has 0 fully saturated rings. The van der Waals surface area contributed by atoms with Crippen LogP contribution in [0.3, 0.4) is 0 Å². The third-order valence-electron chi connectivity index (χ3n) is 2.12. The second-order valence-corrected chi connectivity index (χ2v) is 4.97. The molecule has 0 aliphatic heterocycles. The van der Waals surface area contributed by atoms with Crippen molar-refractivity contribution in [2.24, 2.45) is 0 Å².